The van der Waals surface area contributed by atoms with Crippen molar-refractivity contribution in [2.75, 3.05) is 20.3 Å². The number of aromatic hydroxyl groups is 1. The number of phenols is 1. The van der Waals surface area contributed by atoms with Crippen LogP contribution in [0.4, 0.5) is 0 Å². The monoisotopic (exact) mass is 329 g/mol. The summed E-state index contributed by atoms with van der Waals surface area (Å²) in [6.07, 6.45) is 1.93. The lowest BCUT2D eigenvalue weighted by Crippen LogP contribution is -2.38. The van der Waals surface area contributed by atoms with Crippen molar-refractivity contribution in [2.24, 2.45) is 5.10 Å². The van der Waals surface area contributed by atoms with E-state index in [4.69, 9.17) is 4.74 Å². The van der Waals surface area contributed by atoms with Gasteiger partial charge in [0.15, 0.2) is 0 Å². The van der Waals surface area contributed by atoms with Crippen LogP contribution in [0.2, 0.25) is 0 Å². The molecule has 0 aromatic heterocycles. The van der Waals surface area contributed by atoms with Crippen molar-refractivity contribution in [3.8, 4) is 5.75 Å². The number of benzene rings is 2. The minimum Gasteiger partial charge on any atom is -0.507 e. The van der Waals surface area contributed by atoms with E-state index in [1.165, 1.54) is 6.21 Å². The zero-order valence-corrected chi connectivity index (χ0v) is 13.3. The van der Waals surface area contributed by atoms with E-state index in [-0.39, 0.29) is 5.75 Å². The van der Waals surface area contributed by atoms with E-state index < -0.39 is 11.8 Å². The number of nitrogens with one attached hydrogen (secondary N) is 2. The lowest BCUT2D eigenvalue weighted by Gasteiger charge is -2.05. The van der Waals surface area contributed by atoms with E-state index in [0.29, 0.717) is 25.1 Å². The quantitative estimate of drug-likeness (QED) is 0.320. The molecule has 2 amide bonds. The van der Waals surface area contributed by atoms with E-state index in [1.807, 2.05) is 24.3 Å². The van der Waals surface area contributed by atoms with Crippen molar-refractivity contribution < 1.29 is 19.4 Å². The Morgan fingerprint density at radius 3 is 2.79 bits per heavy atom. The summed E-state index contributed by atoms with van der Waals surface area (Å²) >= 11 is 0. The Balaban J connectivity index is 1.98. The first kappa shape index (κ1) is 17.4. The summed E-state index contributed by atoms with van der Waals surface area (Å²) in [6, 6.07) is 10.8. The van der Waals surface area contributed by atoms with Gasteiger partial charge in [-0.15, -0.1) is 0 Å². The van der Waals surface area contributed by atoms with Crippen molar-refractivity contribution in [2.45, 2.75) is 6.42 Å². The van der Waals surface area contributed by atoms with E-state index in [9.17, 15) is 14.7 Å². The lowest BCUT2D eigenvalue weighted by molar-refractivity contribution is -0.139. The van der Waals surface area contributed by atoms with Gasteiger partial charge in [0.05, 0.1) is 6.21 Å². The minimum atomic E-state index is -0.872. The molecular formula is C17H19N3O4. The number of ether oxygens (including phenoxy) is 1. The Labute approximate surface area is 139 Å². The predicted molar refractivity (Wildman–Crippen MR) is 90.9 cm³/mol. The maximum atomic E-state index is 11.6. The molecule has 0 fully saturated rings. The fraction of sp³-hybridized carbons (Fsp3) is 0.235. The third kappa shape index (κ3) is 4.53. The highest BCUT2D eigenvalue weighted by atomic mass is 16.5. The van der Waals surface area contributed by atoms with Gasteiger partial charge in [0.1, 0.15) is 5.75 Å². The molecule has 0 spiro atoms. The number of hydrazone groups is 1. The molecule has 7 nitrogen and oxygen atoms in total. The van der Waals surface area contributed by atoms with Crippen molar-refractivity contribution in [1.29, 1.82) is 0 Å². The molecule has 0 atom stereocenters. The SMILES string of the molecule is COCCCNC(=O)C(=O)N/N=C\c1c(O)ccc2ccccc12. The first-order valence-electron chi connectivity index (χ1n) is 7.44. The highest BCUT2D eigenvalue weighted by Gasteiger charge is 2.11. The highest BCUT2D eigenvalue weighted by molar-refractivity contribution is 6.35. The molecule has 2 aromatic rings. The molecule has 2 rings (SSSR count). The first-order chi connectivity index (χ1) is 11.6. The molecule has 0 radical (unpaired) electrons. The molecule has 126 valence electrons. The van der Waals surface area contributed by atoms with E-state index in [1.54, 1.807) is 19.2 Å². The third-order valence-electron chi connectivity index (χ3n) is 3.32. The van der Waals surface area contributed by atoms with E-state index in [2.05, 4.69) is 15.8 Å². The molecule has 0 aliphatic carbocycles. The van der Waals surface area contributed by atoms with Crippen molar-refractivity contribution in [3.63, 3.8) is 0 Å². The zero-order chi connectivity index (χ0) is 17.4. The molecule has 0 unspecified atom stereocenters. The molecule has 2 aromatic carbocycles. The Kier molecular flexibility index (Phi) is 6.27. The number of phenolic OH excluding ortho intramolecular Hbond substituents is 1. The Morgan fingerprint density at radius 1 is 1.21 bits per heavy atom. The van der Waals surface area contributed by atoms with Crippen LogP contribution in [0, 0.1) is 0 Å². The van der Waals surface area contributed by atoms with Gasteiger partial charge in [-0.3, -0.25) is 9.59 Å². The minimum absolute atomic E-state index is 0.0377. The van der Waals surface area contributed by atoms with Gasteiger partial charge in [0, 0.05) is 25.8 Å². The number of hydrogen-bond acceptors (Lipinski definition) is 5. The zero-order valence-electron chi connectivity index (χ0n) is 13.3. The molecule has 0 aliphatic heterocycles. The number of fused-ring (bicyclic) bond motifs is 1. The van der Waals surface area contributed by atoms with Crippen LogP contribution in [0.15, 0.2) is 41.5 Å². The molecule has 0 saturated heterocycles. The summed E-state index contributed by atoms with van der Waals surface area (Å²) in [5.41, 5.74) is 2.61. The summed E-state index contributed by atoms with van der Waals surface area (Å²) in [5.74, 6) is -1.61. The summed E-state index contributed by atoms with van der Waals surface area (Å²) in [4.78, 5) is 23.2. The maximum Gasteiger partial charge on any atom is 0.329 e. The summed E-state index contributed by atoms with van der Waals surface area (Å²) in [6.45, 7) is 0.842. The van der Waals surface area contributed by atoms with Crippen LogP contribution >= 0.6 is 0 Å². The number of rotatable bonds is 6. The van der Waals surface area contributed by atoms with Crippen LogP contribution in [0.1, 0.15) is 12.0 Å². The fourth-order valence-corrected chi connectivity index (χ4v) is 2.12. The summed E-state index contributed by atoms with van der Waals surface area (Å²) in [5, 5.41) is 17.9. The summed E-state index contributed by atoms with van der Waals surface area (Å²) < 4.78 is 4.85. The van der Waals surface area contributed by atoms with Crippen LogP contribution in [-0.2, 0) is 14.3 Å². The average Bonchev–Trinajstić information content (AvgIpc) is 2.60. The van der Waals surface area contributed by atoms with E-state index >= 15 is 0 Å². The largest absolute Gasteiger partial charge is 0.507 e. The molecule has 7 heteroatoms. The number of carbonyl (C=O) groups excluding carboxylic acids is 2. The molecule has 0 bridgehead atoms. The summed E-state index contributed by atoms with van der Waals surface area (Å²) in [7, 11) is 1.56. The maximum absolute atomic E-state index is 11.6. The van der Waals surface area contributed by atoms with Gasteiger partial charge in [-0.05, 0) is 23.3 Å². The van der Waals surface area contributed by atoms with Crippen molar-refractivity contribution in [1.82, 2.24) is 10.7 Å². The second-order valence-electron chi connectivity index (χ2n) is 5.02. The van der Waals surface area contributed by atoms with Gasteiger partial charge in [-0.2, -0.15) is 5.10 Å². The first-order valence-corrected chi connectivity index (χ1v) is 7.44. The number of carbonyl (C=O) groups is 2. The Bertz CT molecular complexity index is 759. The molecule has 0 saturated carbocycles. The molecule has 0 aliphatic rings. The number of nitrogens with zero attached hydrogens (tertiary/aromatic N) is 1. The van der Waals surface area contributed by atoms with Gasteiger partial charge < -0.3 is 15.2 Å². The van der Waals surface area contributed by atoms with Gasteiger partial charge in [0.25, 0.3) is 0 Å². The van der Waals surface area contributed by atoms with Crippen molar-refractivity contribution in [3.05, 3.63) is 42.0 Å². The standard InChI is InChI=1S/C17H19N3O4/c1-24-10-4-9-18-16(22)17(23)20-19-11-14-13-6-3-2-5-12(13)7-8-15(14)21/h2-3,5-8,11,21H,4,9-10H2,1H3,(H,18,22)(H,20,23)/b19-11-. The molecular weight excluding hydrogens is 310 g/mol. The topological polar surface area (TPSA) is 100 Å². The molecule has 0 heterocycles. The highest BCUT2D eigenvalue weighted by Crippen LogP contribution is 2.25. The Hall–Kier alpha value is -2.93. The number of hydrogen-bond donors (Lipinski definition) is 3. The number of methoxy groups -OCH3 is 1. The normalized spacial score (nSPS) is 10.9. The third-order valence-corrected chi connectivity index (χ3v) is 3.32. The smallest absolute Gasteiger partial charge is 0.329 e. The van der Waals surface area contributed by atoms with Crippen molar-refractivity contribution >= 4 is 28.8 Å². The number of amides is 2. The van der Waals surface area contributed by atoms with Crippen LogP contribution in [0.5, 0.6) is 5.75 Å². The average molecular weight is 329 g/mol. The van der Waals surface area contributed by atoms with Crippen LogP contribution < -0.4 is 10.7 Å². The van der Waals surface area contributed by atoms with Crippen LogP contribution in [0.3, 0.4) is 0 Å². The molecule has 3 N–H and O–H groups in total. The Morgan fingerprint density at radius 2 is 2.00 bits per heavy atom. The fourth-order valence-electron chi connectivity index (χ4n) is 2.12. The second kappa shape index (κ2) is 8.64. The van der Waals surface area contributed by atoms with Gasteiger partial charge >= 0.3 is 11.8 Å². The van der Waals surface area contributed by atoms with Crippen LogP contribution in [0.25, 0.3) is 10.8 Å². The lowest BCUT2D eigenvalue weighted by atomic mass is 10.0. The second-order valence-corrected chi connectivity index (χ2v) is 5.02. The van der Waals surface area contributed by atoms with E-state index in [0.717, 1.165) is 10.8 Å². The van der Waals surface area contributed by atoms with Gasteiger partial charge in [-0.1, -0.05) is 30.3 Å². The molecule has 24 heavy (non-hydrogen) atoms. The predicted octanol–water partition coefficient (Wildman–Crippen LogP) is 1.15. The van der Waals surface area contributed by atoms with Gasteiger partial charge in [-0.25, -0.2) is 5.43 Å². The van der Waals surface area contributed by atoms with Crippen LogP contribution in [-0.4, -0.2) is 43.4 Å². The van der Waals surface area contributed by atoms with Gasteiger partial charge in [0.2, 0.25) is 0 Å².